The van der Waals surface area contributed by atoms with E-state index in [4.69, 9.17) is 0 Å². The molecule has 2 heterocycles. The average molecular weight is 421 g/mol. The number of anilines is 1. The third-order valence-electron chi connectivity index (χ3n) is 4.49. The molecule has 0 fully saturated rings. The minimum Gasteiger partial charge on any atom is -0.465 e. The summed E-state index contributed by atoms with van der Waals surface area (Å²) in [7, 11) is 1.28. The van der Waals surface area contributed by atoms with Crippen molar-refractivity contribution < 1.29 is 27.5 Å². The molecule has 2 aromatic heterocycles. The molecule has 0 saturated heterocycles. The maximum absolute atomic E-state index is 12.9. The van der Waals surface area contributed by atoms with Gasteiger partial charge >= 0.3 is 12.1 Å². The summed E-state index contributed by atoms with van der Waals surface area (Å²) in [6.07, 6.45) is -4.33. The van der Waals surface area contributed by atoms with Gasteiger partial charge < -0.3 is 10.1 Å². The molecule has 0 radical (unpaired) electrons. The topological polar surface area (TPSA) is 98.5 Å². The molecule has 0 saturated carbocycles. The standard InChI is InChI=1S/C19H18F3N5O3/c1-10-14(11(2)27-18(23-10)25-17(26-27)19(20,21)22)8-9-15(28)24-13-6-4-12(5-7-13)16(29)30-3/h4-7H,8-9H2,1-3H3,(H,24,28). The summed E-state index contributed by atoms with van der Waals surface area (Å²) in [4.78, 5) is 31.2. The number of nitrogens with one attached hydrogen (secondary N) is 1. The number of esters is 1. The third kappa shape index (κ3) is 4.39. The lowest BCUT2D eigenvalue weighted by Crippen LogP contribution is -2.14. The van der Waals surface area contributed by atoms with Gasteiger partial charge in [0, 0.05) is 23.5 Å². The first-order valence-electron chi connectivity index (χ1n) is 8.88. The van der Waals surface area contributed by atoms with Crippen LogP contribution in [0.2, 0.25) is 0 Å². The van der Waals surface area contributed by atoms with Gasteiger partial charge in [0.2, 0.25) is 5.91 Å². The van der Waals surface area contributed by atoms with Crippen molar-refractivity contribution in [3.05, 3.63) is 52.6 Å². The molecule has 11 heteroatoms. The van der Waals surface area contributed by atoms with Gasteiger partial charge in [0.25, 0.3) is 11.6 Å². The largest absolute Gasteiger partial charge is 0.465 e. The summed E-state index contributed by atoms with van der Waals surface area (Å²) in [6, 6.07) is 6.19. The molecule has 30 heavy (non-hydrogen) atoms. The summed E-state index contributed by atoms with van der Waals surface area (Å²) in [6.45, 7) is 3.25. The molecule has 0 bridgehead atoms. The molecule has 0 unspecified atom stereocenters. The number of rotatable bonds is 5. The fourth-order valence-electron chi connectivity index (χ4n) is 2.96. The lowest BCUT2D eigenvalue weighted by molar-refractivity contribution is -0.144. The molecule has 0 aliphatic rings. The summed E-state index contributed by atoms with van der Waals surface area (Å²) >= 11 is 0. The molecule has 1 aromatic carbocycles. The number of benzene rings is 1. The Morgan fingerprint density at radius 1 is 1.13 bits per heavy atom. The van der Waals surface area contributed by atoms with Crippen molar-refractivity contribution in [2.75, 3.05) is 12.4 Å². The van der Waals surface area contributed by atoms with Crippen molar-refractivity contribution in [3.63, 3.8) is 0 Å². The number of carbonyl (C=O) groups is 2. The first-order valence-corrected chi connectivity index (χ1v) is 8.88. The zero-order valence-electron chi connectivity index (χ0n) is 16.4. The third-order valence-corrected chi connectivity index (χ3v) is 4.49. The van der Waals surface area contributed by atoms with Gasteiger partial charge in [-0.25, -0.2) is 14.3 Å². The van der Waals surface area contributed by atoms with Crippen LogP contribution in [0.1, 0.15) is 39.6 Å². The molecule has 8 nitrogen and oxygen atoms in total. The van der Waals surface area contributed by atoms with Crippen LogP contribution >= 0.6 is 0 Å². The van der Waals surface area contributed by atoms with E-state index < -0.39 is 18.0 Å². The Balaban J connectivity index is 1.72. The minimum atomic E-state index is -4.67. The van der Waals surface area contributed by atoms with Crippen LogP contribution in [-0.2, 0) is 22.1 Å². The first kappa shape index (κ1) is 21.2. The van der Waals surface area contributed by atoms with Gasteiger partial charge in [-0.05, 0) is 50.1 Å². The number of alkyl halides is 3. The van der Waals surface area contributed by atoms with Crippen LogP contribution in [0.25, 0.3) is 5.78 Å². The van der Waals surface area contributed by atoms with Gasteiger partial charge in [-0.3, -0.25) is 4.79 Å². The number of hydrogen-bond donors (Lipinski definition) is 1. The molecule has 0 aliphatic carbocycles. The van der Waals surface area contributed by atoms with Crippen molar-refractivity contribution in [2.45, 2.75) is 32.9 Å². The lowest BCUT2D eigenvalue weighted by atomic mass is 10.1. The van der Waals surface area contributed by atoms with E-state index in [0.29, 0.717) is 28.2 Å². The fraction of sp³-hybridized carbons (Fsp3) is 0.316. The fourth-order valence-corrected chi connectivity index (χ4v) is 2.96. The molecule has 158 valence electrons. The van der Waals surface area contributed by atoms with Crippen LogP contribution < -0.4 is 5.32 Å². The van der Waals surface area contributed by atoms with Crippen molar-refractivity contribution in [2.24, 2.45) is 0 Å². The molecule has 3 aromatic rings. The van der Waals surface area contributed by atoms with Gasteiger partial charge in [-0.15, -0.1) is 5.10 Å². The summed E-state index contributed by atoms with van der Waals surface area (Å²) in [5.74, 6) is -2.18. The van der Waals surface area contributed by atoms with Crippen LogP contribution in [0.15, 0.2) is 24.3 Å². The number of halogens is 3. The second-order valence-electron chi connectivity index (χ2n) is 6.52. The number of ether oxygens (including phenoxy) is 1. The first-order chi connectivity index (χ1) is 14.1. The van der Waals surface area contributed by atoms with Crippen LogP contribution in [0.4, 0.5) is 18.9 Å². The smallest absolute Gasteiger partial charge is 0.453 e. The quantitative estimate of drug-likeness (QED) is 0.636. The van der Waals surface area contributed by atoms with Gasteiger partial charge in [-0.1, -0.05) is 0 Å². The number of amides is 1. The van der Waals surface area contributed by atoms with Crippen LogP contribution in [-0.4, -0.2) is 38.6 Å². The van der Waals surface area contributed by atoms with Crippen molar-refractivity contribution in [1.29, 1.82) is 0 Å². The zero-order chi connectivity index (χ0) is 22.1. The summed E-state index contributed by atoms with van der Waals surface area (Å²) in [5.41, 5.74) is 2.40. The molecular weight excluding hydrogens is 403 g/mol. The van der Waals surface area contributed by atoms with Crippen molar-refractivity contribution in [1.82, 2.24) is 19.6 Å². The number of hydrogen-bond acceptors (Lipinski definition) is 6. The number of fused-ring (bicyclic) bond motifs is 1. The lowest BCUT2D eigenvalue weighted by Gasteiger charge is -2.11. The summed E-state index contributed by atoms with van der Waals surface area (Å²) < 4.78 is 44.2. The maximum Gasteiger partial charge on any atom is 0.453 e. The van der Waals surface area contributed by atoms with Crippen LogP contribution in [0.3, 0.4) is 0 Å². The van der Waals surface area contributed by atoms with Gasteiger partial charge in [-0.2, -0.15) is 18.2 Å². The van der Waals surface area contributed by atoms with E-state index in [2.05, 4.69) is 25.1 Å². The normalized spacial score (nSPS) is 11.5. The molecule has 1 N–H and O–H groups in total. The Bertz CT molecular complexity index is 1110. The van der Waals surface area contributed by atoms with E-state index in [1.54, 1.807) is 26.0 Å². The Labute approximate surface area is 169 Å². The van der Waals surface area contributed by atoms with Crippen molar-refractivity contribution in [3.8, 4) is 0 Å². The zero-order valence-corrected chi connectivity index (χ0v) is 16.4. The van der Waals surface area contributed by atoms with Gasteiger partial charge in [0.1, 0.15) is 0 Å². The van der Waals surface area contributed by atoms with E-state index in [-0.39, 0.29) is 24.5 Å². The number of carbonyl (C=O) groups excluding carboxylic acids is 2. The SMILES string of the molecule is COC(=O)c1ccc(NC(=O)CCc2c(C)nc3nc(C(F)(F)F)nn3c2C)cc1. The van der Waals surface area contributed by atoms with Gasteiger partial charge in [0.05, 0.1) is 12.7 Å². The number of aryl methyl sites for hydroxylation is 2. The Morgan fingerprint density at radius 2 is 1.80 bits per heavy atom. The van der Waals surface area contributed by atoms with E-state index >= 15 is 0 Å². The van der Waals surface area contributed by atoms with Gasteiger partial charge in [0.15, 0.2) is 0 Å². The highest BCUT2D eigenvalue weighted by Crippen LogP contribution is 2.27. The Hall–Kier alpha value is -3.50. The number of nitrogens with zero attached hydrogens (tertiary/aromatic N) is 4. The number of methoxy groups -OCH3 is 1. The molecule has 3 rings (SSSR count). The molecule has 0 atom stereocenters. The monoisotopic (exact) mass is 421 g/mol. The number of aromatic nitrogens is 4. The molecule has 0 aliphatic heterocycles. The van der Waals surface area contributed by atoms with Crippen molar-refractivity contribution >= 4 is 23.3 Å². The van der Waals surface area contributed by atoms with Crippen LogP contribution in [0.5, 0.6) is 0 Å². The van der Waals surface area contributed by atoms with E-state index in [1.807, 2.05) is 0 Å². The molecule has 0 spiro atoms. The second-order valence-corrected chi connectivity index (χ2v) is 6.52. The second kappa shape index (κ2) is 8.09. The molecular formula is C19H18F3N5O3. The Kier molecular flexibility index (Phi) is 5.72. The van der Waals surface area contributed by atoms with E-state index in [9.17, 15) is 22.8 Å². The van der Waals surface area contributed by atoms with E-state index in [1.165, 1.54) is 19.2 Å². The van der Waals surface area contributed by atoms with Crippen LogP contribution in [0, 0.1) is 13.8 Å². The molecule has 1 amide bonds. The summed E-state index contributed by atoms with van der Waals surface area (Å²) in [5, 5.41) is 6.19. The Morgan fingerprint density at radius 3 is 2.40 bits per heavy atom. The predicted molar refractivity (Wildman–Crippen MR) is 100.0 cm³/mol. The average Bonchev–Trinajstić information content (AvgIpc) is 3.12. The highest BCUT2D eigenvalue weighted by molar-refractivity contribution is 5.93. The minimum absolute atomic E-state index is 0.0778. The van der Waals surface area contributed by atoms with E-state index in [0.717, 1.165) is 4.52 Å². The maximum atomic E-state index is 12.9. The predicted octanol–water partition coefficient (Wildman–Crippen LogP) is 3.12. The highest BCUT2D eigenvalue weighted by Gasteiger charge is 2.36. The highest BCUT2D eigenvalue weighted by atomic mass is 19.4.